The van der Waals surface area contributed by atoms with Crippen LogP contribution in [0, 0.1) is 0 Å². The molecule has 1 fully saturated rings. The lowest BCUT2D eigenvalue weighted by Gasteiger charge is -2.41. The monoisotopic (exact) mass is 378 g/mol. The molecule has 0 bridgehead atoms. The van der Waals surface area contributed by atoms with Crippen molar-refractivity contribution in [3.05, 3.63) is 39.1 Å². The van der Waals surface area contributed by atoms with Gasteiger partial charge in [0.15, 0.2) is 0 Å². The van der Waals surface area contributed by atoms with E-state index in [2.05, 4.69) is 71.2 Å². The van der Waals surface area contributed by atoms with Crippen LogP contribution in [0.1, 0.15) is 44.5 Å². The van der Waals surface area contributed by atoms with Crippen LogP contribution >= 0.6 is 27.3 Å². The van der Waals surface area contributed by atoms with Gasteiger partial charge in [-0.1, -0.05) is 28.1 Å². The molecule has 118 valence electrons. The van der Waals surface area contributed by atoms with Crippen LogP contribution in [-0.4, -0.2) is 28.5 Å². The Labute approximate surface area is 145 Å². The normalized spacial score (nSPS) is 20.3. The van der Waals surface area contributed by atoms with Crippen LogP contribution in [0.3, 0.4) is 0 Å². The van der Waals surface area contributed by atoms with Crippen molar-refractivity contribution in [1.29, 1.82) is 0 Å². The molecule has 1 aliphatic heterocycles. The van der Waals surface area contributed by atoms with Gasteiger partial charge in [-0.25, -0.2) is 4.98 Å². The Kier molecular flexibility index (Phi) is 4.72. The summed E-state index contributed by atoms with van der Waals surface area (Å²) in [7, 11) is 0. The standard InChI is InChI=1S/C18H23BrN2S/c1-18(2,3)21-10-4-5-14(11-21)17-20-16(12-22-17)13-6-8-15(19)9-7-13/h6-9,12,14H,4-5,10-11H2,1-3H3. The van der Waals surface area contributed by atoms with Crippen LogP contribution in [-0.2, 0) is 0 Å². The van der Waals surface area contributed by atoms with E-state index in [4.69, 9.17) is 4.98 Å². The molecule has 1 aromatic carbocycles. The van der Waals surface area contributed by atoms with Gasteiger partial charge in [-0.2, -0.15) is 0 Å². The maximum absolute atomic E-state index is 4.93. The average Bonchev–Trinajstić information content (AvgIpc) is 2.97. The highest BCUT2D eigenvalue weighted by molar-refractivity contribution is 9.10. The summed E-state index contributed by atoms with van der Waals surface area (Å²) in [6.45, 7) is 9.28. The fraction of sp³-hybridized carbons (Fsp3) is 0.500. The first-order valence-electron chi connectivity index (χ1n) is 7.90. The van der Waals surface area contributed by atoms with Gasteiger partial charge >= 0.3 is 0 Å². The molecule has 0 radical (unpaired) electrons. The van der Waals surface area contributed by atoms with E-state index >= 15 is 0 Å². The zero-order valence-corrected chi connectivity index (χ0v) is 15.9. The second-order valence-electron chi connectivity index (χ2n) is 7.03. The van der Waals surface area contributed by atoms with Crippen molar-refractivity contribution in [3.8, 4) is 11.3 Å². The number of rotatable bonds is 2. The predicted octanol–water partition coefficient (Wildman–Crippen LogP) is 5.55. The van der Waals surface area contributed by atoms with Gasteiger partial charge in [-0.3, -0.25) is 4.90 Å². The summed E-state index contributed by atoms with van der Waals surface area (Å²) in [6, 6.07) is 8.42. The maximum Gasteiger partial charge on any atom is 0.0976 e. The van der Waals surface area contributed by atoms with Gasteiger partial charge in [0.1, 0.15) is 0 Å². The minimum Gasteiger partial charge on any atom is -0.298 e. The molecule has 0 saturated carbocycles. The molecule has 4 heteroatoms. The second-order valence-corrected chi connectivity index (χ2v) is 8.84. The number of thiazole rings is 1. The predicted molar refractivity (Wildman–Crippen MR) is 98.6 cm³/mol. The maximum atomic E-state index is 4.93. The van der Waals surface area contributed by atoms with E-state index in [1.165, 1.54) is 30.0 Å². The first-order valence-corrected chi connectivity index (χ1v) is 9.57. The number of piperidine rings is 1. The van der Waals surface area contributed by atoms with Crippen molar-refractivity contribution in [3.63, 3.8) is 0 Å². The van der Waals surface area contributed by atoms with Crippen LogP contribution < -0.4 is 0 Å². The molecule has 22 heavy (non-hydrogen) atoms. The van der Waals surface area contributed by atoms with Crippen LogP contribution in [0.25, 0.3) is 11.3 Å². The molecule has 1 atom stereocenters. The van der Waals surface area contributed by atoms with Gasteiger partial charge in [-0.15, -0.1) is 11.3 Å². The van der Waals surface area contributed by atoms with Gasteiger partial charge in [0.05, 0.1) is 10.7 Å². The lowest BCUT2D eigenvalue weighted by molar-refractivity contribution is 0.0986. The van der Waals surface area contributed by atoms with E-state index in [1.807, 2.05) is 11.3 Å². The molecule has 1 aliphatic rings. The average molecular weight is 379 g/mol. The Morgan fingerprint density at radius 1 is 1.23 bits per heavy atom. The lowest BCUT2D eigenvalue weighted by Crippen LogP contribution is -2.46. The van der Waals surface area contributed by atoms with E-state index in [0.717, 1.165) is 16.7 Å². The quantitative estimate of drug-likeness (QED) is 0.680. The number of aromatic nitrogens is 1. The SMILES string of the molecule is CC(C)(C)N1CCCC(c2nc(-c3ccc(Br)cc3)cs2)C1. The summed E-state index contributed by atoms with van der Waals surface area (Å²) < 4.78 is 1.11. The van der Waals surface area contributed by atoms with Crippen molar-refractivity contribution >= 4 is 27.3 Å². The fourth-order valence-corrected chi connectivity index (χ4v) is 4.24. The topological polar surface area (TPSA) is 16.1 Å². The number of likely N-dealkylation sites (tertiary alicyclic amines) is 1. The molecule has 1 saturated heterocycles. The first-order chi connectivity index (χ1) is 10.4. The van der Waals surface area contributed by atoms with Crippen LogP contribution in [0.2, 0.25) is 0 Å². The van der Waals surface area contributed by atoms with Crippen LogP contribution in [0.4, 0.5) is 0 Å². The zero-order chi connectivity index (χ0) is 15.7. The molecule has 0 aliphatic carbocycles. The van der Waals surface area contributed by atoms with E-state index in [9.17, 15) is 0 Å². The smallest absolute Gasteiger partial charge is 0.0976 e. The molecule has 3 rings (SSSR count). The Balaban J connectivity index is 1.77. The highest BCUT2D eigenvalue weighted by Crippen LogP contribution is 2.34. The first kappa shape index (κ1) is 16.2. The zero-order valence-electron chi connectivity index (χ0n) is 13.5. The molecule has 2 nitrogen and oxygen atoms in total. The highest BCUT2D eigenvalue weighted by Gasteiger charge is 2.29. The number of hydrogen-bond acceptors (Lipinski definition) is 3. The lowest BCUT2D eigenvalue weighted by atomic mass is 9.94. The van der Waals surface area contributed by atoms with E-state index in [-0.39, 0.29) is 5.54 Å². The third kappa shape index (κ3) is 3.61. The fourth-order valence-electron chi connectivity index (χ4n) is 3.02. The molecule has 0 N–H and O–H groups in total. The number of nitrogens with zero attached hydrogens (tertiary/aromatic N) is 2. The summed E-state index contributed by atoms with van der Waals surface area (Å²) in [5, 5.41) is 3.50. The summed E-state index contributed by atoms with van der Waals surface area (Å²) in [6.07, 6.45) is 2.54. The van der Waals surface area contributed by atoms with Crippen molar-refractivity contribution < 1.29 is 0 Å². The minimum absolute atomic E-state index is 0.254. The summed E-state index contributed by atoms with van der Waals surface area (Å²) in [4.78, 5) is 7.53. The van der Waals surface area contributed by atoms with E-state index in [1.54, 1.807) is 0 Å². The largest absolute Gasteiger partial charge is 0.298 e. The third-order valence-corrected chi connectivity index (χ3v) is 5.92. The number of hydrogen-bond donors (Lipinski definition) is 0. The Morgan fingerprint density at radius 2 is 1.95 bits per heavy atom. The summed E-state index contributed by atoms with van der Waals surface area (Å²) in [5.41, 5.74) is 2.57. The summed E-state index contributed by atoms with van der Waals surface area (Å²) in [5.74, 6) is 0.585. The number of benzene rings is 1. The van der Waals surface area contributed by atoms with E-state index in [0.29, 0.717) is 5.92 Å². The molecule has 0 amide bonds. The molecule has 2 aromatic rings. The second kappa shape index (κ2) is 6.42. The van der Waals surface area contributed by atoms with Gasteiger partial charge < -0.3 is 0 Å². The van der Waals surface area contributed by atoms with E-state index < -0.39 is 0 Å². The van der Waals surface area contributed by atoms with Gasteiger partial charge in [-0.05, 0) is 52.3 Å². The molecule has 1 aromatic heterocycles. The highest BCUT2D eigenvalue weighted by atomic mass is 79.9. The van der Waals surface area contributed by atoms with Gasteiger partial charge in [0, 0.05) is 33.4 Å². The van der Waals surface area contributed by atoms with Gasteiger partial charge in [0.25, 0.3) is 0 Å². The van der Waals surface area contributed by atoms with Crippen molar-refractivity contribution in [2.75, 3.05) is 13.1 Å². The molecule has 2 heterocycles. The van der Waals surface area contributed by atoms with Crippen molar-refractivity contribution in [1.82, 2.24) is 9.88 Å². The minimum atomic E-state index is 0.254. The van der Waals surface area contributed by atoms with Crippen LogP contribution in [0.15, 0.2) is 34.1 Å². The summed E-state index contributed by atoms with van der Waals surface area (Å²) >= 11 is 5.31. The molecule has 1 unspecified atom stereocenters. The number of halogens is 1. The molecular weight excluding hydrogens is 356 g/mol. The Bertz CT molecular complexity index is 627. The Morgan fingerprint density at radius 3 is 2.64 bits per heavy atom. The molecular formula is C18H23BrN2S. The molecule has 0 spiro atoms. The van der Waals surface area contributed by atoms with Crippen molar-refractivity contribution in [2.45, 2.75) is 45.1 Å². The third-order valence-electron chi connectivity index (χ3n) is 4.38. The Hall–Kier alpha value is -0.710. The van der Waals surface area contributed by atoms with Crippen molar-refractivity contribution in [2.24, 2.45) is 0 Å². The van der Waals surface area contributed by atoms with Gasteiger partial charge in [0.2, 0.25) is 0 Å². The van der Waals surface area contributed by atoms with Crippen LogP contribution in [0.5, 0.6) is 0 Å².